The molecule has 0 aliphatic carbocycles. The molecule has 86 valence electrons. The Balaban J connectivity index is 2.69. The topological polar surface area (TPSA) is 29.9 Å². The summed E-state index contributed by atoms with van der Waals surface area (Å²) in [6, 6.07) is 2.20. The van der Waals surface area contributed by atoms with Crippen molar-refractivity contribution in [2.45, 2.75) is 46.1 Å². The van der Waals surface area contributed by atoms with E-state index in [9.17, 15) is 0 Å². The van der Waals surface area contributed by atoms with Gasteiger partial charge in [0.25, 0.3) is 0 Å². The van der Waals surface area contributed by atoms with Crippen LogP contribution in [0, 0.1) is 6.92 Å². The van der Waals surface area contributed by atoms with Crippen LogP contribution in [0.3, 0.4) is 0 Å². The monoisotopic (exact) mass is 209 g/mol. The molecule has 0 spiro atoms. The molecule has 0 radical (unpaired) electrons. The van der Waals surface area contributed by atoms with Crippen LogP contribution in [-0.4, -0.2) is 23.4 Å². The van der Waals surface area contributed by atoms with Gasteiger partial charge in [-0.2, -0.15) is 5.10 Å². The van der Waals surface area contributed by atoms with Gasteiger partial charge in [-0.3, -0.25) is 4.68 Å². The van der Waals surface area contributed by atoms with E-state index in [1.165, 1.54) is 11.4 Å². The third kappa shape index (κ3) is 3.34. The van der Waals surface area contributed by atoms with E-state index >= 15 is 0 Å². The smallest absolute Gasteiger partial charge is 0.0628 e. The molecule has 1 aromatic heterocycles. The van der Waals surface area contributed by atoms with E-state index in [1.807, 2.05) is 7.05 Å². The first-order chi connectivity index (χ1) is 6.95. The largest absolute Gasteiger partial charge is 0.320 e. The Labute approximate surface area is 92.9 Å². The van der Waals surface area contributed by atoms with Crippen molar-refractivity contribution < 1.29 is 0 Å². The molecule has 0 saturated carbocycles. The minimum atomic E-state index is 0.0886. The maximum Gasteiger partial charge on any atom is 0.0628 e. The summed E-state index contributed by atoms with van der Waals surface area (Å²) in [5.74, 6) is 0. The van der Waals surface area contributed by atoms with E-state index in [0.717, 1.165) is 19.4 Å². The second-order valence-electron chi connectivity index (χ2n) is 5.07. The lowest BCUT2D eigenvalue weighted by Gasteiger charge is -2.21. The molecule has 0 atom stereocenters. The van der Waals surface area contributed by atoms with Crippen molar-refractivity contribution in [3.8, 4) is 0 Å². The number of aryl methyl sites for hydroxylation is 2. The third-order valence-corrected chi connectivity index (χ3v) is 2.43. The first-order valence-electron chi connectivity index (χ1n) is 5.66. The summed E-state index contributed by atoms with van der Waals surface area (Å²) in [6.07, 6.45) is 2.21. The molecule has 0 aliphatic rings. The van der Waals surface area contributed by atoms with Crippen molar-refractivity contribution in [3.63, 3.8) is 0 Å². The molecular weight excluding hydrogens is 186 g/mol. The van der Waals surface area contributed by atoms with Gasteiger partial charge in [-0.15, -0.1) is 0 Å². The van der Waals surface area contributed by atoms with Crippen LogP contribution in [-0.2, 0) is 12.0 Å². The Morgan fingerprint density at radius 2 is 2.07 bits per heavy atom. The summed E-state index contributed by atoms with van der Waals surface area (Å²) in [5, 5.41) is 7.80. The highest BCUT2D eigenvalue weighted by atomic mass is 15.3. The summed E-state index contributed by atoms with van der Waals surface area (Å²) in [5.41, 5.74) is 2.55. The van der Waals surface area contributed by atoms with E-state index < -0.39 is 0 Å². The highest BCUT2D eigenvalue weighted by molar-refractivity contribution is 5.10. The molecule has 1 rings (SSSR count). The fourth-order valence-corrected chi connectivity index (χ4v) is 1.79. The van der Waals surface area contributed by atoms with Gasteiger partial charge >= 0.3 is 0 Å². The Bertz CT molecular complexity index is 307. The van der Waals surface area contributed by atoms with Crippen molar-refractivity contribution in [3.05, 3.63) is 17.5 Å². The second kappa shape index (κ2) is 4.79. The van der Waals surface area contributed by atoms with Gasteiger partial charge in [0.1, 0.15) is 0 Å². The fourth-order valence-electron chi connectivity index (χ4n) is 1.79. The maximum atomic E-state index is 4.64. The van der Waals surface area contributed by atoms with Crippen molar-refractivity contribution in [2.75, 3.05) is 13.6 Å². The molecule has 3 nitrogen and oxygen atoms in total. The molecule has 1 N–H and O–H groups in total. The van der Waals surface area contributed by atoms with Crippen molar-refractivity contribution in [2.24, 2.45) is 0 Å². The molecule has 1 heterocycles. The molecule has 3 heteroatoms. The molecule has 0 unspecified atom stereocenters. The Kier molecular flexibility index (Phi) is 3.91. The molecule has 0 aromatic carbocycles. The van der Waals surface area contributed by atoms with Gasteiger partial charge in [-0.25, -0.2) is 0 Å². The van der Waals surface area contributed by atoms with Gasteiger partial charge in [0, 0.05) is 5.69 Å². The summed E-state index contributed by atoms with van der Waals surface area (Å²) in [7, 11) is 1.99. The normalized spacial score (nSPS) is 12.1. The molecule has 0 amide bonds. The second-order valence-corrected chi connectivity index (χ2v) is 5.07. The SMILES string of the molecule is CNCCCc1cc(C)n(C(C)(C)C)n1. The van der Waals surface area contributed by atoms with Gasteiger partial charge in [-0.1, -0.05) is 0 Å². The van der Waals surface area contributed by atoms with Crippen LogP contribution < -0.4 is 5.32 Å². The molecule has 0 fully saturated rings. The number of nitrogens with zero attached hydrogens (tertiary/aromatic N) is 2. The predicted octanol–water partition coefficient (Wildman–Crippen LogP) is 2.10. The lowest BCUT2D eigenvalue weighted by atomic mass is 10.1. The van der Waals surface area contributed by atoms with E-state index in [0.29, 0.717) is 0 Å². The summed E-state index contributed by atoms with van der Waals surface area (Å²) in [6.45, 7) is 9.74. The Morgan fingerprint density at radius 1 is 1.40 bits per heavy atom. The number of aromatic nitrogens is 2. The summed E-state index contributed by atoms with van der Waals surface area (Å²) in [4.78, 5) is 0. The van der Waals surface area contributed by atoms with Crippen LogP contribution in [0.15, 0.2) is 6.07 Å². The minimum absolute atomic E-state index is 0.0886. The zero-order chi connectivity index (χ0) is 11.5. The molecule has 0 saturated heterocycles. The van der Waals surface area contributed by atoms with Crippen LogP contribution >= 0.6 is 0 Å². The fraction of sp³-hybridized carbons (Fsp3) is 0.750. The van der Waals surface area contributed by atoms with Crippen LogP contribution in [0.1, 0.15) is 38.6 Å². The lowest BCUT2D eigenvalue weighted by Crippen LogP contribution is -2.24. The summed E-state index contributed by atoms with van der Waals surface area (Å²) >= 11 is 0. The van der Waals surface area contributed by atoms with E-state index in [4.69, 9.17) is 0 Å². The number of nitrogens with one attached hydrogen (secondary N) is 1. The van der Waals surface area contributed by atoms with Gasteiger partial charge in [-0.05, 0) is 60.2 Å². The molecule has 15 heavy (non-hydrogen) atoms. The summed E-state index contributed by atoms with van der Waals surface area (Å²) < 4.78 is 2.11. The zero-order valence-electron chi connectivity index (χ0n) is 10.6. The predicted molar refractivity (Wildman–Crippen MR) is 64.2 cm³/mol. The quantitative estimate of drug-likeness (QED) is 0.770. The molecule has 0 bridgehead atoms. The number of rotatable bonds is 4. The van der Waals surface area contributed by atoms with E-state index in [-0.39, 0.29) is 5.54 Å². The Morgan fingerprint density at radius 3 is 2.53 bits per heavy atom. The first-order valence-corrected chi connectivity index (χ1v) is 5.66. The van der Waals surface area contributed by atoms with Gasteiger partial charge in [0.2, 0.25) is 0 Å². The minimum Gasteiger partial charge on any atom is -0.320 e. The average Bonchev–Trinajstić information content (AvgIpc) is 2.47. The third-order valence-electron chi connectivity index (χ3n) is 2.43. The van der Waals surface area contributed by atoms with Crippen molar-refractivity contribution in [1.29, 1.82) is 0 Å². The first kappa shape index (κ1) is 12.2. The molecular formula is C12H23N3. The van der Waals surface area contributed by atoms with Crippen molar-refractivity contribution >= 4 is 0 Å². The Hall–Kier alpha value is -0.830. The van der Waals surface area contributed by atoms with Gasteiger partial charge < -0.3 is 5.32 Å². The standard InChI is InChI=1S/C12H23N3/c1-10-9-11(7-6-8-13-5)14-15(10)12(2,3)4/h9,13H,6-8H2,1-5H3. The molecule has 1 aromatic rings. The highest BCUT2D eigenvalue weighted by Gasteiger charge is 2.16. The zero-order valence-corrected chi connectivity index (χ0v) is 10.6. The van der Waals surface area contributed by atoms with Gasteiger partial charge in [0.05, 0.1) is 11.2 Å². The number of hydrogen-bond acceptors (Lipinski definition) is 2. The number of hydrogen-bond donors (Lipinski definition) is 1. The van der Waals surface area contributed by atoms with Crippen LogP contribution in [0.2, 0.25) is 0 Å². The molecule has 0 aliphatic heterocycles. The van der Waals surface area contributed by atoms with Crippen LogP contribution in [0.25, 0.3) is 0 Å². The van der Waals surface area contributed by atoms with E-state index in [1.54, 1.807) is 0 Å². The van der Waals surface area contributed by atoms with E-state index in [2.05, 4.69) is 48.9 Å². The lowest BCUT2D eigenvalue weighted by molar-refractivity contribution is 0.345. The average molecular weight is 209 g/mol. The van der Waals surface area contributed by atoms with Gasteiger partial charge in [0.15, 0.2) is 0 Å². The van der Waals surface area contributed by atoms with Crippen molar-refractivity contribution in [1.82, 2.24) is 15.1 Å². The maximum absolute atomic E-state index is 4.64. The van der Waals surface area contributed by atoms with Crippen LogP contribution in [0.4, 0.5) is 0 Å². The van der Waals surface area contributed by atoms with Crippen LogP contribution in [0.5, 0.6) is 0 Å². The highest BCUT2D eigenvalue weighted by Crippen LogP contribution is 2.17.